The number of benzene rings is 1. The van der Waals surface area contributed by atoms with Gasteiger partial charge in [0.05, 0.1) is 16.5 Å². The van der Waals surface area contributed by atoms with Crippen LogP contribution in [-0.2, 0) is 21.0 Å². The fourth-order valence-corrected chi connectivity index (χ4v) is 6.05. The predicted molar refractivity (Wildman–Crippen MR) is 101 cm³/mol. The molecule has 6 nitrogen and oxygen atoms in total. The van der Waals surface area contributed by atoms with E-state index >= 15 is 0 Å². The van der Waals surface area contributed by atoms with Gasteiger partial charge in [-0.15, -0.1) is 0 Å². The second-order valence-corrected chi connectivity index (χ2v) is 9.80. The van der Waals surface area contributed by atoms with Gasteiger partial charge in [-0.2, -0.15) is 17.5 Å². The van der Waals surface area contributed by atoms with Gasteiger partial charge in [-0.05, 0) is 49.3 Å². The number of fused-ring (bicyclic) bond motifs is 1. The zero-order valence-corrected chi connectivity index (χ0v) is 17.0. The third-order valence-electron chi connectivity index (χ3n) is 5.96. The molecule has 4 atom stereocenters. The lowest BCUT2D eigenvalue weighted by atomic mass is 9.97. The molecule has 1 aliphatic carbocycles. The number of rotatable bonds is 7. The van der Waals surface area contributed by atoms with E-state index in [0.29, 0.717) is 12.5 Å². The summed E-state index contributed by atoms with van der Waals surface area (Å²) in [4.78, 5) is 11.3. The molecular formula is C19H26F3N3O3S. The highest BCUT2D eigenvalue weighted by molar-refractivity contribution is 7.89. The summed E-state index contributed by atoms with van der Waals surface area (Å²) in [5.74, 6) is -0.306. The van der Waals surface area contributed by atoms with E-state index in [-0.39, 0.29) is 35.9 Å². The van der Waals surface area contributed by atoms with Crippen LogP contribution >= 0.6 is 0 Å². The number of hydrogen-bond acceptors (Lipinski definition) is 4. The molecule has 1 amide bonds. The molecule has 0 unspecified atom stereocenters. The standard InChI is InChI=1S/C19H26F3N3O3S/c1-2-4-17(18(23)26)24-16-8-7-12-10-25(11-15(12)16)29(27,28)14-6-3-5-13(9-14)19(20,21)22/h3,5-6,9,12,15-17,24H,2,4,7-8,10-11H2,1H3,(H2,23,26)/t12-,15+,16+,17+/m1/s1. The molecule has 1 aromatic carbocycles. The first-order chi connectivity index (χ1) is 13.5. The van der Waals surface area contributed by atoms with Crippen LogP contribution in [0, 0.1) is 11.8 Å². The Morgan fingerprint density at radius 3 is 2.66 bits per heavy atom. The summed E-state index contributed by atoms with van der Waals surface area (Å²) >= 11 is 0. The lowest BCUT2D eigenvalue weighted by Crippen LogP contribution is -2.48. The van der Waals surface area contributed by atoms with Gasteiger partial charge < -0.3 is 11.1 Å². The van der Waals surface area contributed by atoms with E-state index < -0.39 is 33.7 Å². The van der Waals surface area contributed by atoms with Crippen LogP contribution in [0.15, 0.2) is 29.2 Å². The minimum absolute atomic E-state index is 0.00859. The summed E-state index contributed by atoms with van der Waals surface area (Å²) in [6, 6.07) is 3.35. The molecule has 1 aromatic rings. The van der Waals surface area contributed by atoms with E-state index in [2.05, 4.69) is 5.32 Å². The van der Waals surface area contributed by atoms with Crippen molar-refractivity contribution in [3.63, 3.8) is 0 Å². The van der Waals surface area contributed by atoms with Crippen LogP contribution in [0.25, 0.3) is 0 Å². The maximum atomic E-state index is 13.0. The number of amides is 1. The zero-order chi connectivity index (χ0) is 21.4. The molecular weight excluding hydrogens is 407 g/mol. The summed E-state index contributed by atoms with van der Waals surface area (Å²) in [5, 5.41) is 3.28. The summed E-state index contributed by atoms with van der Waals surface area (Å²) in [6.07, 6.45) is -1.59. The van der Waals surface area contributed by atoms with E-state index in [0.717, 1.165) is 31.4 Å². The first-order valence-corrected chi connectivity index (χ1v) is 11.2. The molecule has 1 saturated carbocycles. The monoisotopic (exact) mass is 433 g/mol. The van der Waals surface area contributed by atoms with Crippen LogP contribution in [0.3, 0.4) is 0 Å². The molecule has 1 saturated heterocycles. The van der Waals surface area contributed by atoms with E-state index in [9.17, 15) is 26.4 Å². The maximum Gasteiger partial charge on any atom is 0.416 e. The molecule has 0 aromatic heterocycles. The molecule has 0 spiro atoms. The highest BCUT2D eigenvalue weighted by atomic mass is 32.2. The first kappa shape index (κ1) is 22.0. The van der Waals surface area contributed by atoms with Crippen LogP contribution in [0.2, 0.25) is 0 Å². The number of primary amides is 1. The smallest absolute Gasteiger partial charge is 0.368 e. The van der Waals surface area contributed by atoms with Gasteiger partial charge in [-0.3, -0.25) is 4.79 Å². The van der Waals surface area contributed by atoms with Gasteiger partial charge in [-0.25, -0.2) is 8.42 Å². The molecule has 0 radical (unpaired) electrons. The fourth-order valence-electron chi connectivity index (χ4n) is 4.46. The SMILES string of the molecule is CCC[C@H](N[C@H]1CC[C@@H]2CN(S(=O)(=O)c3cccc(C(F)(F)F)c3)C[C@@H]21)C(N)=O. The molecule has 10 heteroatoms. The average molecular weight is 433 g/mol. The number of carbonyl (C=O) groups excluding carboxylic acids is 1. The maximum absolute atomic E-state index is 13.0. The van der Waals surface area contributed by atoms with Gasteiger partial charge in [0.2, 0.25) is 15.9 Å². The zero-order valence-electron chi connectivity index (χ0n) is 16.2. The van der Waals surface area contributed by atoms with Crippen molar-refractivity contribution in [1.82, 2.24) is 9.62 Å². The van der Waals surface area contributed by atoms with E-state index in [4.69, 9.17) is 5.73 Å². The van der Waals surface area contributed by atoms with Crippen molar-refractivity contribution in [3.8, 4) is 0 Å². The number of carbonyl (C=O) groups is 1. The average Bonchev–Trinajstić information content (AvgIpc) is 3.23. The van der Waals surface area contributed by atoms with Crippen molar-refractivity contribution in [2.24, 2.45) is 17.6 Å². The Hall–Kier alpha value is -1.65. The number of halogens is 3. The first-order valence-electron chi connectivity index (χ1n) is 9.76. The fraction of sp³-hybridized carbons (Fsp3) is 0.632. The second-order valence-electron chi connectivity index (χ2n) is 7.87. The Morgan fingerprint density at radius 1 is 1.31 bits per heavy atom. The highest BCUT2D eigenvalue weighted by Gasteiger charge is 2.47. The van der Waals surface area contributed by atoms with E-state index in [1.165, 1.54) is 10.4 Å². The van der Waals surface area contributed by atoms with Crippen molar-refractivity contribution in [2.45, 2.75) is 55.8 Å². The molecule has 3 rings (SSSR count). The van der Waals surface area contributed by atoms with E-state index in [1.807, 2.05) is 6.92 Å². The second kappa shape index (κ2) is 8.23. The van der Waals surface area contributed by atoms with Crippen LogP contribution in [-0.4, -0.2) is 43.8 Å². The highest BCUT2D eigenvalue weighted by Crippen LogP contribution is 2.41. The predicted octanol–water partition coefficient (Wildman–Crippen LogP) is 2.35. The largest absolute Gasteiger partial charge is 0.416 e. The minimum Gasteiger partial charge on any atom is -0.368 e. The Balaban J connectivity index is 1.75. The van der Waals surface area contributed by atoms with Crippen LogP contribution in [0.5, 0.6) is 0 Å². The molecule has 29 heavy (non-hydrogen) atoms. The van der Waals surface area contributed by atoms with Gasteiger partial charge in [0, 0.05) is 19.1 Å². The summed E-state index contributed by atoms with van der Waals surface area (Å²) in [7, 11) is -4.03. The minimum atomic E-state index is -4.61. The van der Waals surface area contributed by atoms with Crippen LogP contribution < -0.4 is 11.1 Å². The lowest BCUT2D eigenvalue weighted by molar-refractivity contribution is -0.137. The number of nitrogens with one attached hydrogen (secondary N) is 1. The Bertz CT molecular complexity index is 860. The molecule has 2 aliphatic rings. The molecule has 3 N–H and O–H groups in total. The van der Waals surface area contributed by atoms with Gasteiger partial charge >= 0.3 is 6.18 Å². The molecule has 0 bridgehead atoms. The Labute approximate surface area is 168 Å². The number of nitrogens with zero attached hydrogens (tertiary/aromatic N) is 1. The molecule has 2 fully saturated rings. The summed E-state index contributed by atoms with van der Waals surface area (Å²) in [5.41, 5.74) is 4.48. The quantitative estimate of drug-likeness (QED) is 0.691. The van der Waals surface area contributed by atoms with Gasteiger partial charge in [0.25, 0.3) is 0 Å². The van der Waals surface area contributed by atoms with Gasteiger partial charge in [-0.1, -0.05) is 19.4 Å². The van der Waals surface area contributed by atoms with Crippen molar-refractivity contribution >= 4 is 15.9 Å². The number of sulfonamides is 1. The third kappa shape index (κ3) is 4.59. The summed E-state index contributed by atoms with van der Waals surface area (Å²) < 4.78 is 66.1. The molecule has 1 aliphatic heterocycles. The molecule has 1 heterocycles. The van der Waals surface area contributed by atoms with Crippen molar-refractivity contribution in [1.29, 1.82) is 0 Å². The Morgan fingerprint density at radius 2 is 2.03 bits per heavy atom. The van der Waals surface area contributed by atoms with Crippen LogP contribution in [0.1, 0.15) is 38.2 Å². The van der Waals surface area contributed by atoms with Crippen LogP contribution in [0.4, 0.5) is 13.2 Å². The number of hydrogen-bond donors (Lipinski definition) is 2. The summed E-state index contributed by atoms with van der Waals surface area (Å²) in [6.45, 7) is 2.45. The van der Waals surface area contributed by atoms with Crippen molar-refractivity contribution < 1.29 is 26.4 Å². The Kier molecular flexibility index (Phi) is 6.26. The number of nitrogens with two attached hydrogens (primary N) is 1. The number of alkyl halides is 3. The third-order valence-corrected chi connectivity index (χ3v) is 7.79. The van der Waals surface area contributed by atoms with E-state index in [1.54, 1.807) is 0 Å². The van der Waals surface area contributed by atoms with Gasteiger partial charge in [0.1, 0.15) is 0 Å². The normalized spacial score (nSPS) is 26.4. The molecule has 162 valence electrons. The topological polar surface area (TPSA) is 92.5 Å². The lowest BCUT2D eigenvalue weighted by Gasteiger charge is -2.25. The van der Waals surface area contributed by atoms with Crippen molar-refractivity contribution in [3.05, 3.63) is 29.8 Å². The van der Waals surface area contributed by atoms with Crippen molar-refractivity contribution in [2.75, 3.05) is 13.1 Å². The van der Waals surface area contributed by atoms with Gasteiger partial charge in [0.15, 0.2) is 0 Å².